The van der Waals surface area contributed by atoms with Crippen LogP contribution in [0.1, 0.15) is 78.2 Å². The van der Waals surface area contributed by atoms with Crippen LogP contribution in [0.4, 0.5) is 0 Å². The van der Waals surface area contributed by atoms with Crippen molar-refractivity contribution in [2.24, 2.45) is 0 Å². The summed E-state index contributed by atoms with van der Waals surface area (Å²) < 4.78 is 0. The molecule has 4 nitrogen and oxygen atoms in total. The number of para-hydroxylation sites is 1. The number of benzene rings is 1. The predicted molar refractivity (Wildman–Crippen MR) is 115 cm³/mol. The van der Waals surface area contributed by atoms with E-state index in [1.54, 1.807) is 0 Å². The fourth-order valence-electron chi connectivity index (χ4n) is 4.40. The zero-order valence-electron chi connectivity index (χ0n) is 16.7. The normalized spacial score (nSPS) is 17.4. The smallest absolute Gasteiger partial charge is 0.270 e. The molecular weight excluding hydrogens is 358 g/mol. The van der Waals surface area contributed by atoms with Crippen molar-refractivity contribution < 1.29 is 4.79 Å². The van der Waals surface area contributed by atoms with Crippen molar-refractivity contribution in [1.82, 2.24) is 15.3 Å². The standard InChI is InChI=1S/C25H27N3O/c29-25(27-20-6-2-1-3-7-20)24-15-19(21-8-4-5-9-23(21)28-24)14-17-10-13-22(26-16-17)18-11-12-18/h4-5,8-10,13,15-16,18,20H,1-3,6-7,11-12,14H2,(H,27,29). The van der Waals surface area contributed by atoms with Crippen LogP contribution in [0.3, 0.4) is 0 Å². The first kappa shape index (κ1) is 18.3. The number of nitrogens with one attached hydrogen (secondary N) is 1. The van der Waals surface area contributed by atoms with Crippen LogP contribution in [0.5, 0.6) is 0 Å². The lowest BCUT2D eigenvalue weighted by Gasteiger charge is -2.22. The highest BCUT2D eigenvalue weighted by atomic mass is 16.1. The van der Waals surface area contributed by atoms with Crippen LogP contribution in [-0.4, -0.2) is 21.9 Å². The van der Waals surface area contributed by atoms with Crippen LogP contribution < -0.4 is 5.32 Å². The van der Waals surface area contributed by atoms with Gasteiger partial charge >= 0.3 is 0 Å². The Morgan fingerprint density at radius 3 is 2.59 bits per heavy atom. The minimum Gasteiger partial charge on any atom is -0.348 e. The Kier molecular flexibility index (Phi) is 5.01. The molecule has 0 saturated heterocycles. The molecule has 4 heteroatoms. The van der Waals surface area contributed by atoms with E-state index >= 15 is 0 Å². The lowest BCUT2D eigenvalue weighted by atomic mass is 9.95. The third kappa shape index (κ3) is 4.16. The average molecular weight is 386 g/mol. The van der Waals surface area contributed by atoms with E-state index < -0.39 is 0 Å². The van der Waals surface area contributed by atoms with Gasteiger partial charge in [-0.25, -0.2) is 4.98 Å². The number of hydrogen-bond acceptors (Lipinski definition) is 3. The molecule has 3 aromatic rings. The maximum atomic E-state index is 12.9. The Morgan fingerprint density at radius 1 is 1.00 bits per heavy atom. The van der Waals surface area contributed by atoms with Crippen molar-refractivity contribution in [2.45, 2.75) is 63.3 Å². The summed E-state index contributed by atoms with van der Waals surface area (Å²) in [6, 6.07) is 14.7. The van der Waals surface area contributed by atoms with Gasteiger partial charge in [0.25, 0.3) is 5.91 Å². The lowest BCUT2D eigenvalue weighted by molar-refractivity contribution is 0.0923. The Hall–Kier alpha value is -2.75. The first-order valence-corrected chi connectivity index (χ1v) is 10.9. The van der Waals surface area contributed by atoms with E-state index in [1.807, 2.05) is 30.5 Å². The molecule has 0 atom stereocenters. The van der Waals surface area contributed by atoms with Gasteiger partial charge in [-0.2, -0.15) is 0 Å². The van der Waals surface area contributed by atoms with Crippen molar-refractivity contribution in [3.63, 3.8) is 0 Å². The van der Waals surface area contributed by atoms with Crippen molar-refractivity contribution in [1.29, 1.82) is 0 Å². The molecule has 1 amide bonds. The number of nitrogens with zero attached hydrogens (tertiary/aromatic N) is 2. The summed E-state index contributed by atoms with van der Waals surface area (Å²) in [5.74, 6) is 0.618. The molecular formula is C25H27N3O. The number of carbonyl (C=O) groups excluding carboxylic acids is 1. The zero-order chi connectivity index (χ0) is 19.6. The molecule has 0 unspecified atom stereocenters. The Balaban J connectivity index is 1.42. The van der Waals surface area contributed by atoms with E-state index in [2.05, 4.69) is 33.5 Å². The van der Waals surface area contributed by atoms with Gasteiger partial charge in [-0.05, 0) is 61.4 Å². The Labute approximate surface area is 171 Å². The summed E-state index contributed by atoms with van der Waals surface area (Å²) in [5, 5.41) is 4.31. The Morgan fingerprint density at radius 2 is 1.83 bits per heavy atom. The third-order valence-electron chi connectivity index (χ3n) is 6.21. The molecule has 5 rings (SSSR count). The first-order chi connectivity index (χ1) is 14.3. The molecule has 29 heavy (non-hydrogen) atoms. The fourth-order valence-corrected chi connectivity index (χ4v) is 4.40. The second-order valence-corrected chi connectivity index (χ2v) is 8.53. The molecule has 2 aliphatic rings. The number of carbonyl (C=O) groups is 1. The highest BCUT2D eigenvalue weighted by Gasteiger charge is 2.24. The third-order valence-corrected chi connectivity index (χ3v) is 6.21. The molecule has 2 fully saturated rings. The van der Waals surface area contributed by atoms with E-state index in [1.165, 1.54) is 43.4 Å². The van der Waals surface area contributed by atoms with Crippen LogP contribution in [0.2, 0.25) is 0 Å². The van der Waals surface area contributed by atoms with Gasteiger partial charge in [-0.1, -0.05) is 43.5 Å². The van der Waals surface area contributed by atoms with Crippen molar-refractivity contribution in [3.8, 4) is 0 Å². The highest BCUT2D eigenvalue weighted by molar-refractivity contribution is 5.96. The molecule has 0 radical (unpaired) electrons. The highest BCUT2D eigenvalue weighted by Crippen LogP contribution is 2.38. The molecule has 1 N–H and O–H groups in total. The molecule has 2 aromatic heterocycles. The molecule has 1 aromatic carbocycles. The van der Waals surface area contributed by atoms with Crippen LogP contribution in [0.25, 0.3) is 10.9 Å². The molecule has 0 spiro atoms. The fraction of sp³-hybridized carbons (Fsp3) is 0.400. The number of fused-ring (bicyclic) bond motifs is 1. The van der Waals surface area contributed by atoms with Gasteiger partial charge in [0.15, 0.2) is 0 Å². The maximum absolute atomic E-state index is 12.9. The molecule has 148 valence electrons. The van der Waals surface area contributed by atoms with E-state index in [4.69, 9.17) is 0 Å². The second-order valence-electron chi connectivity index (χ2n) is 8.53. The monoisotopic (exact) mass is 385 g/mol. The van der Waals surface area contributed by atoms with E-state index in [9.17, 15) is 4.79 Å². The van der Waals surface area contributed by atoms with Crippen LogP contribution in [0, 0.1) is 0 Å². The van der Waals surface area contributed by atoms with Gasteiger partial charge in [-0.15, -0.1) is 0 Å². The summed E-state index contributed by atoms with van der Waals surface area (Å²) in [6.45, 7) is 0. The number of pyridine rings is 2. The van der Waals surface area contributed by atoms with E-state index in [0.717, 1.165) is 35.7 Å². The van der Waals surface area contributed by atoms with Gasteiger partial charge in [0.2, 0.25) is 0 Å². The van der Waals surface area contributed by atoms with Gasteiger partial charge in [0.05, 0.1) is 5.52 Å². The van der Waals surface area contributed by atoms with Crippen molar-refractivity contribution in [2.75, 3.05) is 0 Å². The quantitative estimate of drug-likeness (QED) is 0.660. The van der Waals surface area contributed by atoms with Crippen LogP contribution >= 0.6 is 0 Å². The predicted octanol–water partition coefficient (Wildman–Crippen LogP) is 5.16. The van der Waals surface area contributed by atoms with Crippen LogP contribution in [-0.2, 0) is 6.42 Å². The average Bonchev–Trinajstić information content (AvgIpc) is 3.60. The molecule has 2 saturated carbocycles. The van der Waals surface area contributed by atoms with Gasteiger partial charge < -0.3 is 5.32 Å². The largest absolute Gasteiger partial charge is 0.348 e. The molecule has 2 heterocycles. The molecule has 0 bridgehead atoms. The minimum atomic E-state index is -0.0499. The topological polar surface area (TPSA) is 54.9 Å². The molecule has 0 aliphatic heterocycles. The minimum absolute atomic E-state index is 0.0499. The SMILES string of the molecule is O=C(NC1CCCCC1)c1cc(Cc2ccc(C3CC3)nc2)c2ccccc2n1. The lowest BCUT2D eigenvalue weighted by Crippen LogP contribution is -2.36. The molecule has 2 aliphatic carbocycles. The van der Waals surface area contributed by atoms with Crippen LogP contribution in [0.15, 0.2) is 48.7 Å². The Bertz CT molecular complexity index is 1020. The zero-order valence-corrected chi connectivity index (χ0v) is 16.7. The summed E-state index contributed by atoms with van der Waals surface area (Å²) >= 11 is 0. The van der Waals surface area contributed by atoms with Gasteiger partial charge in [0, 0.05) is 29.2 Å². The maximum Gasteiger partial charge on any atom is 0.270 e. The summed E-state index contributed by atoms with van der Waals surface area (Å²) in [4.78, 5) is 22.2. The van der Waals surface area contributed by atoms with E-state index in [0.29, 0.717) is 11.6 Å². The van der Waals surface area contributed by atoms with Crippen molar-refractivity contribution in [3.05, 3.63) is 71.2 Å². The second kappa shape index (κ2) is 7.94. The number of rotatable bonds is 5. The first-order valence-electron chi connectivity index (χ1n) is 10.9. The number of aromatic nitrogens is 2. The summed E-state index contributed by atoms with van der Waals surface area (Å²) in [7, 11) is 0. The summed E-state index contributed by atoms with van der Waals surface area (Å²) in [6.07, 6.45) is 11.1. The van der Waals surface area contributed by atoms with E-state index in [-0.39, 0.29) is 11.9 Å². The van der Waals surface area contributed by atoms with Gasteiger partial charge in [-0.3, -0.25) is 9.78 Å². The van der Waals surface area contributed by atoms with Gasteiger partial charge in [0.1, 0.15) is 5.69 Å². The number of amides is 1. The number of hydrogen-bond donors (Lipinski definition) is 1. The summed E-state index contributed by atoms with van der Waals surface area (Å²) in [5.41, 5.74) is 4.91. The van der Waals surface area contributed by atoms with Crippen molar-refractivity contribution >= 4 is 16.8 Å².